The second-order valence-corrected chi connectivity index (χ2v) is 3.62. The van der Waals surface area contributed by atoms with E-state index in [2.05, 4.69) is 31.3 Å². The first kappa shape index (κ1) is 9.07. The summed E-state index contributed by atoms with van der Waals surface area (Å²) in [4.78, 5) is 1.34. The van der Waals surface area contributed by atoms with E-state index in [0.29, 0.717) is 20.6 Å². The normalized spacial score (nSPS) is 10.4. The maximum Gasteiger partial charge on any atom is 0.210 e. The van der Waals surface area contributed by atoms with Crippen LogP contribution in [0.1, 0.15) is 0 Å². The molecular weight excluding hydrogens is 250 g/mol. The molecule has 7 heteroatoms. The fourth-order valence-corrected chi connectivity index (χ4v) is 1.49. The Morgan fingerprint density at radius 1 is 1.50 bits per heavy atom. The number of aryl methyl sites for hydroxylation is 1. The van der Waals surface area contributed by atoms with Crippen molar-refractivity contribution in [3.05, 3.63) is 28.1 Å². The first-order valence-corrected chi connectivity index (χ1v) is 4.58. The summed E-state index contributed by atoms with van der Waals surface area (Å²) in [6.45, 7) is 0. The Balaban J connectivity index is 2.51. The fraction of sp³-hybridized carbons (Fsp3) is 0.143. The van der Waals surface area contributed by atoms with Crippen molar-refractivity contribution >= 4 is 15.9 Å². The van der Waals surface area contributed by atoms with Crippen LogP contribution in [0.2, 0.25) is 0 Å². The lowest BCUT2D eigenvalue weighted by Crippen LogP contribution is -2.24. The van der Waals surface area contributed by atoms with Gasteiger partial charge in [0, 0.05) is 0 Å². The van der Waals surface area contributed by atoms with Crippen molar-refractivity contribution in [3.63, 3.8) is 0 Å². The van der Waals surface area contributed by atoms with Gasteiger partial charge in [-0.05, 0) is 27.2 Å². The summed E-state index contributed by atoms with van der Waals surface area (Å²) >= 11 is 3.21. The molecule has 0 amide bonds. The zero-order chi connectivity index (χ0) is 10.1. The van der Waals surface area contributed by atoms with Crippen LogP contribution >= 0.6 is 15.9 Å². The quantitative estimate of drug-likeness (QED) is 0.542. The Bertz CT molecular complexity index is 449. The SMILES string of the molecule is Cn1nnc(-c2cc(Br)c[n+]([O-])c2)n1. The van der Waals surface area contributed by atoms with E-state index in [-0.39, 0.29) is 0 Å². The highest BCUT2D eigenvalue weighted by atomic mass is 79.9. The van der Waals surface area contributed by atoms with Crippen LogP contribution in [-0.4, -0.2) is 20.2 Å². The van der Waals surface area contributed by atoms with Gasteiger partial charge >= 0.3 is 0 Å². The lowest BCUT2D eigenvalue weighted by molar-refractivity contribution is -0.605. The molecule has 0 aliphatic rings. The van der Waals surface area contributed by atoms with Crippen LogP contribution < -0.4 is 4.73 Å². The molecule has 2 aromatic rings. The number of tetrazole rings is 1. The van der Waals surface area contributed by atoms with E-state index < -0.39 is 0 Å². The van der Waals surface area contributed by atoms with Gasteiger partial charge in [-0.25, -0.2) is 0 Å². The maximum absolute atomic E-state index is 11.1. The summed E-state index contributed by atoms with van der Waals surface area (Å²) < 4.78 is 1.37. The smallest absolute Gasteiger partial charge is 0.210 e. The molecule has 72 valence electrons. The zero-order valence-corrected chi connectivity index (χ0v) is 8.84. The number of rotatable bonds is 1. The lowest BCUT2D eigenvalue weighted by Gasteiger charge is -1.97. The Morgan fingerprint density at radius 2 is 2.29 bits per heavy atom. The van der Waals surface area contributed by atoms with Gasteiger partial charge in [0.15, 0.2) is 12.4 Å². The van der Waals surface area contributed by atoms with Crippen LogP contribution in [0.4, 0.5) is 0 Å². The average molecular weight is 256 g/mol. The van der Waals surface area contributed by atoms with E-state index in [1.165, 1.54) is 17.2 Å². The van der Waals surface area contributed by atoms with Gasteiger partial charge in [-0.3, -0.25) is 0 Å². The van der Waals surface area contributed by atoms with Crippen molar-refractivity contribution < 1.29 is 4.73 Å². The van der Waals surface area contributed by atoms with Gasteiger partial charge in [-0.1, -0.05) is 0 Å². The lowest BCUT2D eigenvalue weighted by atomic mass is 10.3. The predicted molar refractivity (Wildman–Crippen MR) is 50.9 cm³/mol. The highest BCUT2D eigenvalue weighted by molar-refractivity contribution is 9.10. The van der Waals surface area contributed by atoms with Crippen molar-refractivity contribution in [2.75, 3.05) is 0 Å². The van der Waals surface area contributed by atoms with Crippen LogP contribution in [-0.2, 0) is 7.05 Å². The maximum atomic E-state index is 11.1. The molecule has 0 aromatic carbocycles. The summed E-state index contributed by atoms with van der Waals surface area (Å²) in [5, 5.41) is 22.6. The van der Waals surface area contributed by atoms with Gasteiger partial charge in [0.05, 0.1) is 17.1 Å². The van der Waals surface area contributed by atoms with Crippen molar-refractivity contribution in [2.45, 2.75) is 0 Å². The largest absolute Gasteiger partial charge is 0.619 e. The van der Waals surface area contributed by atoms with Crippen LogP contribution in [0.15, 0.2) is 22.9 Å². The third-order valence-corrected chi connectivity index (χ3v) is 2.01. The summed E-state index contributed by atoms with van der Waals surface area (Å²) in [7, 11) is 1.67. The molecule has 0 atom stereocenters. The van der Waals surface area contributed by atoms with E-state index in [0.717, 1.165) is 0 Å². The van der Waals surface area contributed by atoms with Gasteiger partial charge in [-0.15, -0.1) is 10.2 Å². The Labute approximate surface area is 87.9 Å². The van der Waals surface area contributed by atoms with Gasteiger partial charge < -0.3 is 5.21 Å². The molecule has 0 bridgehead atoms. The molecule has 0 spiro atoms. The van der Waals surface area contributed by atoms with E-state index >= 15 is 0 Å². The summed E-state index contributed by atoms with van der Waals surface area (Å²) in [5.41, 5.74) is 0.627. The fourth-order valence-electron chi connectivity index (χ4n) is 1.04. The second-order valence-electron chi connectivity index (χ2n) is 2.71. The molecule has 6 nitrogen and oxygen atoms in total. The first-order chi connectivity index (χ1) is 6.65. The van der Waals surface area contributed by atoms with Gasteiger partial charge in [0.2, 0.25) is 5.82 Å². The van der Waals surface area contributed by atoms with Crippen molar-refractivity contribution in [1.82, 2.24) is 20.2 Å². The third-order valence-electron chi connectivity index (χ3n) is 1.58. The van der Waals surface area contributed by atoms with Gasteiger partial charge in [0.1, 0.15) is 0 Å². The summed E-state index contributed by atoms with van der Waals surface area (Å²) in [6.07, 6.45) is 2.79. The number of halogens is 1. The van der Waals surface area contributed by atoms with Crippen LogP contribution in [0.3, 0.4) is 0 Å². The Hall–Kier alpha value is -1.50. The molecule has 2 rings (SSSR count). The van der Waals surface area contributed by atoms with Crippen molar-refractivity contribution in [1.29, 1.82) is 0 Å². The minimum atomic E-state index is 0.429. The number of hydrogen-bond acceptors (Lipinski definition) is 4. The molecule has 14 heavy (non-hydrogen) atoms. The average Bonchev–Trinajstić information content (AvgIpc) is 2.50. The molecule has 0 aliphatic carbocycles. The molecule has 0 unspecified atom stereocenters. The third kappa shape index (κ3) is 1.72. The second kappa shape index (κ2) is 3.33. The van der Waals surface area contributed by atoms with Gasteiger partial charge in [-0.2, -0.15) is 9.53 Å². The van der Waals surface area contributed by atoms with E-state index in [1.54, 1.807) is 13.1 Å². The van der Waals surface area contributed by atoms with E-state index in [9.17, 15) is 5.21 Å². The Kier molecular flexibility index (Phi) is 2.16. The molecule has 2 aromatic heterocycles. The summed E-state index contributed by atoms with van der Waals surface area (Å²) in [5.74, 6) is 0.429. The van der Waals surface area contributed by atoms with Crippen LogP contribution in [0.5, 0.6) is 0 Å². The standard InChI is InChI=1S/C7H6BrN5O/c1-12-10-7(9-11-12)5-2-6(8)4-13(14)3-5/h2-4H,1H3. The molecule has 2 heterocycles. The highest BCUT2D eigenvalue weighted by Crippen LogP contribution is 2.16. The molecular formula is C7H6BrN5O. The number of nitrogens with zero attached hydrogens (tertiary/aromatic N) is 5. The van der Waals surface area contributed by atoms with Crippen molar-refractivity contribution in [3.8, 4) is 11.4 Å². The van der Waals surface area contributed by atoms with E-state index in [4.69, 9.17) is 0 Å². The molecule has 0 radical (unpaired) electrons. The van der Waals surface area contributed by atoms with Gasteiger partial charge in [0.25, 0.3) is 0 Å². The van der Waals surface area contributed by atoms with Crippen LogP contribution in [0, 0.1) is 5.21 Å². The van der Waals surface area contributed by atoms with Crippen molar-refractivity contribution in [2.24, 2.45) is 7.05 Å². The number of aromatic nitrogens is 5. The van der Waals surface area contributed by atoms with Crippen LogP contribution in [0.25, 0.3) is 11.4 Å². The molecule has 0 aliphatic heterocycles. The first-order valence-electron chi connectivity index (χ1n) is 3.79. The summed E-state index contributed by atoms with van der Waals surface area (Å²) in [6, 6.07) is 1.76. The molecule has 0 saturated carbocycles. The predicted octanol–water partition coefficient (Wildman–Crippen LogP) is 0.273. The molecule has 0 fully saturated rings. The van der Waals surface area contributed by atoms with E-state index in [1.807, 2.05) is 0 Å². The minimum absolute atomic E-state index is 0.429. The number of hydrogen-bond donors (Lipinski definition) is 0. The monoisotopic (exact) mass is 255 g/mol. The molecule has 0 N–H and O–H groups in total. The highest BCUT2D eigenvalue weighted by Gasteiger charge is 2.09. The Morgan fingerprint density at radius 3 is 2.86 bits per heavy atom. The molecule has 0 saturated heterocycles. The minimum Gasteiger partial charge on any atom is -0.619 e. The topological polar surface area (TPSA) is 70.5 Å². The zero-order valence-electron chi connectivity index (χ0n) is 7.25. The number of pyridine rings is 1.